The third kappa shape index (κ3) is 4.80. The maximum atomic E-state index is 12.3. The summed E-state index contributed by atoms with van der Waals surface area (Å²) in [5, 5.41) is 28.4. The van der Waals surface area contributed by atoms with Crippen LogP contribution in [-0.2, 0) is 6.54 Å². The van der Waals surface area contributed by atoms with Crippen LogP contribution in [0.1, 0.15) is 21.6 Å². The number of aromatic nitrogens is 2. The number of amides is 1. The lowest BCUT2D eigenvalue weighted by molar-refractivity contribution is -0.385. The molecule has 0 radical (unpaired) electrons. The van der Waals surface area contributed by atoms with Crippen LogP contribution in [0, 0.1) is 10.1 Å². The van der Waals surface area contributed by atoms with Crippen LogP contribution in [0.4, 0.5) is 5.69 Å². The maximum absolute atomic E-state index is 12.3. The minimum absolute atomic E-state index is 0.0533. The molecule has 1 amide bonds. The number of carbonyl (C=O) groups excluding carboxylic acids is 1. The quantitative estimate of drug-likeness (QED) is 0.344. The highest BCUT2D eigenvalue weighted by atomic mass is 79.9. The van der Waals surface area contributed by atoms with Crippen molar-refractivity contribution in [2.75, 3.05) is 0 Å². The van der Waals surface area contributed by atoms with Crippen molar-refractivity contribution >= 4 is 33.7 Å². The number of nitrogens with one attached hydrogen (secondary N) is 1. The number of rotatable bonds is 6. The normalized spacial score (nSPS) is 10.9. The molecule has 0 saturated carbocycles. The second kappa shape index (κ2) is 8.44. The van der Waals surface area contributed by atoms with E-state index in [2.05, 4.69) is 31.6 Å². The molecular formula is C18H14BrN5O4. The van der Waals surface area contributed by atoms with Crippen LogP contribution < -0.4 is 5.43 Å². The van der Waals surface area contributed by atoms with E-state index in [1.807, 2.05) is 24.3 Å². The van der Waals surface area contributed by atoms with Crippen molar-refractivity contribution in [2.24, 2.45) is 5.10 Å². The Kier molecular flexibility index (Phi) is 5.80. The van der Waals surface area contributed by atoms with Crippen LogP contribution in [0.2, 0.25) is 0 Å². The van der Waals surface area contributed by atoms with E-state index >= 15 is 0 Å². The maximum Gasteiger partial charge on any atom is 0.320 e. The van der Waals surface area contributed by atoms with Gasteiger partial charge in [-0.15, -0.1) is 0 Å². The summed E-state index contributed by atoms with van der Waals surface area (Å²) in [5.41, 5.74) is 2.88. The molecule has 28 heavy (non-hydrogen) atoms. The van der Waals surface area contributed by atoms with Crippen molar-refractivity contribution < 1.29 is 14.8 Å². The van der Waals surface area contributed by atoms with E-state index in [0.29, 0.717) is 5.56 Å². The van der Waals surface area contributed by atoms with Gasteiger partial charge in [-0.25, -0.2) is 5.43 Å². The number of hydrogen-bond acceptors (Lipinski definition) is 6. The molecule has 0 bridgehead atoms. The van der Waals surface area contributed by atoms with Crippen LogP contribution in [0.15, 0.2) is 64.3 Å². The zero-order valence-electron chi connectivity index (χ0n) is 14.3. The highest BCUT2D eigenvalue weighted by Gasteiger charge is 2.25. The predicted octanol–water partition coefficient (Wildman–Crippen LogP) is 3.07. The average molecular weight is 444 g/mol. The van der Waals surface area contributed by atoms with Crippen LogP contribution in [0.25, 0.3) is 0 Å². The number of benzene rings is 2. The van der Waals surface area contributed by atoms with Gasteiger partial charge in [-0.1, -0.05) is 40.2 Å². The summed E-state index contributed by atoms with van der Waals surface area (Å²) in [7, 11) is 0. The zero-order chi connectivity index (χ0) is 20.1. The first-order chi connectivity index (χ1) is 13.4. The molecule has 3 rings (SSSR count). The predicted molar refractivity (Wildman–Crippen MR) is 105 cm³/mol. The van der Waals surface area contributed by atoms with Crippen molar-refractivity contribution in [1.82, 2.24) is 15.2 Å². The van der Waals surface area contributed by atoms with Gasteiger partial charge in [0.25, 0.3) is 5.91 Å². The SMILES string of the molecule is O=C(NN=Cc1cccc(O)c1)c1nn(Cc2ccc(Br)cc2)cc1[N+](=O)[O-]. The van der Waals surface area contributed by atoms with Gasteiger partial charge in [0, 0.05) is 4.47 Å². The smallest absolute Gasteiger partial charge is 0.320 e. The Morgan fingerprint density at radius 1 is 1.32 bits per heavy atom. The van der Waals surface area contributed by atoms with Crippen molar-refractivity contribution in [3.05, 3.63) is 86.1 Å². The van der Waals surface area contributed by atoms with Gasteiger partial charge in [-0.2, -0.15) is 10.2 Å². The van der Waals surface area contributed by atoms with Crippen LogP contribution >= 0.6 is 15.9 Å². The number of hydrazone groups is 1. The minimum Gasteiger partial charge on any atom is -0.508 e. The second-order valence-corrected chi connectivity index (χ2v) is 6.65. The lowest BCUT2D eigenvalue weighted by Gasteiger charge is -2.01. The van der Waals surface area contributed by atoms with Gasteiger partial charge in [0.1, 0.15) is 11.9 Å². The molecular weight excluding hydrogens is 430 g/mol. The van der Waals surface area contributed by atoms with Crippen molar-refractivity contribution in [2.45, 2.75) is 6.54 Å². The minimum atomic E-state index is -0.808. The number of nitro groups is 1. The van der Waals surface area contributed by atoms with E-state index in [1.54, 1.807) is 12.1 Å². The summed E-state index contributed by atoms with van der Waals surface area (Å²) in [6, 6.07) is 13.6. The third-order valence-electron chi connectivity index (χ3n) is 3.66. The summed E-state index contributed by atoms with van der Waals surface area (Å²) in [6.07, 6.45) is 2.51. The van der Waals surface area contributed by atoms with Crippen molar-refractivity contribution in [1.29, 1.82) is 0 Å². The topological polar surface area (TPSA) is 123 Å². The van der Waals surface area contributed by atoms with Gasteiger partial charge in [0.2, 0.25) is 5.69 Å². The highest BCUT2D eigenvalue weighted by molar-refractivity contribution is 9.10. The third-order valence-corrected chi connectivity index (χ3v) is 4.19. The summed E-state index contributed by atoms with van der Waals surface area (Å²) in [5.74, 6) is -0.754. The van der Waals surface area contributed by atoms with E-state index in [4.69, 9.17) is 0 Å². The Hall–Kier alpha value is -3.53. The Morgan fingerprint density at radius 3 is 2.75 bits per heavy atom. The molecule has 3 aromatic rings. The van der Waals surface area contributed by atoms with E-state index in [9.17, 15) is 20.0 Å². The molecule has 9 nitrogen and oxygen atoms in total. The number of phenols is 1. The van der Waals surface area contributed by atoms with Crippen molar-refractivity contribution in [3.63, 3.8) is 0 Å². The molecule has 0 aliphatic carbocycles. The van der Waals surface area contributed by atoms with Gasteiger partial charge in [0.05, 0.1) is 17.7 Å². The molecule has 0 fully saturated rings. The molecule has 142 valence electrons. The molecule has 1 aromatic heterocycles. The Morgan fingerprint density at radius 2 is 2.07 bits per heavy atom. The van der Waals surface area contributed by atoms with Gasteiger partial charge in [0.15, 0.2) is 0 Å². The summed E-state index contributed by atoms with van der Waals surface area (Å²) in [6.45, 7) is 0.272. The molecule has 0 unspecified atom stereocenters. The van der Waals surface area contributed by atoms with Gasteiger partial charge in [-0.05, 0) is 35.4 Å². The molecule has 2 aromatic carbocycles. The average Bonchev–Trinajstić information content (AvgIpc) is 3.08. The summed E-state index contributed by atoms with van der Waals surface area (Å²) in [4.78, 5) is 22.9. The van der Waals surface area contributed by atoms with Crippen LogP contribution in [0.5, 0.6) is 5.75 Å². The number of halogens is 1. The first-order valence-electron chi connectivity index (χ1n) is 8.01. The first kappa shape index (κ1) is 19.2. The van der Waals surface area contributed by atoms with E-state index < -0.39 is 16.5 Å². The zero-order valence-corrected chi connectivity index (χ0v) is 15.9. The molecule has 1 heterocycles. The van der Waals surface area contributed by atoms with Gasteiger partial charge in [-0.3, -0.25) is 19.6 Å². The molecule has 0 aliphatic rings. The Labute approximate surface area is 167 Å². The fourth-order valence-electron chi connectivity index (χ4n) is 2.39. The molecule has 0 spiro atoms. The lowest BCUT2D eigenvalue weighted by Crippen LogP contribution is -2.19. The fraction of sp³-hybridized carbons (Fsp3) is 0.0556. The number of phenolic OH excluding ortho intramolecular Hbond substituents is 1. The second-order valence-electron chi connectivity index (χ2n) is 5.74. The van der Waals surface area contributed by atoms with Gasteiger partial charge >= 0.3 is 5.69 Å². The Balaban J connectivity index is 1.76. The first-order valence-corrected chi connectivity index (χ1v) is 8.80. The number of nitrogens with zero attached hydrogens (tertiary/aromatic N) is 4. The lowest BCUT2D eigenvalue weighted by atomic mass is 10.2. The summed E-state index contributed by atoms with van der Waals surface area (Å²) >= 11 is 3.34. The molecule has 2 N–H and O–H groups in total. The number of aromatic hydroxyl groups is 1. The molecule has 0 aliphatic heterocycles. The van der Waals surface area contributed by atoms with Crippen LogP contribution in [-0.4, -0.2) is 31.9 Å². The monoisotopic (exact) mass is 443 g/mol. The highest BCUT2D eigenvalue weighted by Crippen LogP contribution is 2.18. The van der Waals surface area contributed by atoms with E-state index in [1.165, 1.54) is 29.2 Å². The summed E-state index contributed by atoms with van der Waals surface area (Å²) < 4.78 is 2.24. The standard InChI is InChI=1S/C18H14BrN5O4/c19-14-6-4-12(5-7-14)10-23-11-16(24(27)28)17(22-23)18(26)21-20-9-13-2-1-3-15(25)8-13/h1-9,11,25H,10H2,(H,21,26). The molecule has 10 heteroatoms. The molecule has 0 saturated heterocycles. The number of carbonyl (C=O) groups is 1. The van der Waals surface area contributed by atoms with Crippen LogP contribution in [0.3, 0.4) is 0 Å². The Bertz CT molecular complexity index is 1050. The fourth-order valence-corrected chi connectivity index (χ4v) is 2.65. The molecule has 0 atom stereocenters. The van der Waals surface area contributed by atoms with E-state index in [0.717, 1.165) is 10.0 Å². The van der Waals surface area contributed by atoms with Crippen molar-refractivity contribution in [3.8, 4) is 5.75 Å². The van der Waals surface area contributed by atoms with Gasteiger partial charge < -0.3 is 5.11 Å². The number of hydrogen-bond donors (Lipinski definition) is 2. The van der Waals surface area contributed by atoms with E-state index in [-0.39, 0.29) is 18.0 Å². The largest absolute Gasteiger partial charge is 0.508 e.